The van der Waals surface area contributed by atoms with E-state index < -0.39 is 17.7 Å². The number of pyridine rings is 1. The Balaban J connectivity index is 1.58. The Bertz CT molecular complexity index is 1470. The van der Waals surface area contributed by atoms with Crippen LogP contribution in [-0.2, 0) is 24.1 Å². The van der Waals surface area contributed by atoms with Crippen molar-refractivity contribution < 1.29 is 23.1 Å². The first-order valence-corrected chi connectivity index (χ1v) is 14.3. The van der Waals surface area contributed by atoms with E-state index in [1.165, 1.54) is 29.9 Å². The van der Waals surface area contributed by atoms with Gasteiger partial charge in [-0.05, 0) is 84.3 Å². The number of hydrogen-bond donors (Lipinski definition) is 1. The third-order valence-electron chi connectivity index (χ3n) is 6.15. The molecule has 4 aromatic rings. The Morgan fingerprint density at radius 3 is 2.20 bits per heavy atom. The highest BCUT2D eigenvalue weighted by Gasteiger charge is 2.31. The molecule has 0 aliphatic carbocycles. The third-order valence-corrected chi connectivity index (χ3v) is 8.47. The van der Waals surface area contributed by atoms with E-state index in [4.69, 9.17) is 5.11 Å². The fourth-order valence-corrected chi connectivity index (χ4v) is 6.18. The molecule has 9 heteroatoms. The van der Waals surface area contributed by atoms with Crippen molar-refractivity contribution in [2.75, 3.05) is 5.75 Å². The second-order valence-electron chi connectivity index (χ2n) is 9.60. The Kier molecular flexibility index (Phi) is 9.60. The van der Waals surface area contributed by atoms with E-state index in [0.29, 0.717) is 12.1 Å². The molecule has 0 unspecified atom stereocenters. The van der Waals surface area contributed by atoms with Crippen molar-refractivity contribution in [3.8, 4) is 11.1 Å². The lowest BCUT2D eigenvalue weighted by Gasteiger charge is -2.24. The fourth-order valence-electron chi connectivity index (χ4n) is 4.41. The minimum Gasteiger partial charge on any atom is -0.481 e. The van der Waals surface area contributed by atoms with Crippen molar-refractivity contribution in [1.82, 2.24) is 9.29 Å². The highest BCUT2D eigenvalue weighted by atomic mass is 32.2. The Morgan fingerprint density at radius 2 is 1.55 bits per heavy atom. The van der Waals surface area contributed by atoms with Crippen LogP contribution in [0.2, 0.25) is 0 Å². The van der Waals surface area contributed by atoms with Gasteiger partial charge >= 0.3 is 12.1 Å². The zero-order valence-electron chi connectivity index (χ0n) is 22.3. The van der Waals surface area contributed by atoms with Crippen LogP contribution in [0, 0.1) is 20.8 Å². The molecule has 0 saturated carbocycles. The van der Waals surface area contributed by atoms with E-state index in [9.17, 15) is 18.0 Å². The minimum absolute atomic E-state index is 0.00276. The summed E-state index contributed by atoms with van der Waals surface area (Å²) in [6.07, 6.45) is -2.12. The van der Waals surface area contributed by atoms with E-state index in [1.54, 1.807) is 0 Å². The first kappa shape index (κ1) is 29.7. The van der Waals surface area contributed by atoms with E-state index in [1.807, 2.05) is 69.3 Å². The molecule has 0 fully saturated rings. The second-order valence-corrected chi connectivity index (χ2v) is 11.8. The number of rotatable bonds is 10. The number of thioether (sulfide) groups is 1. The summed E-state index contributed by atoms with van der Waals surface area (Å²) in [5.74, 6) is -0.865. The largest absolute Gasteiger partial charge is 0.481 e. The Morgan fingerprint density at radius 1 is 0.875 bits per heavy atom. The van der Waals surface area contributed by atoms with Gasteiger partial charge in [0.25, 0.3) is 0 Å². The molecule has 4 nitrogen and oxygen atoms in total. The van der Waals surface area contributed by atoms with Gasteiger partial charge in [-0.2, -0.15) is 13.2 Å². The van der Waals surface area contributed by atoms with Crippen molar-refractivity contribution >= 4 is 29.7 Å². The quantitative estimate of drug-likeness (QED) is 0.149. The number of halogens is 3. The molecular weight excluding hydrogens is 553 g/mol. The van der Waals surface area contributed by atoms with Crippen LogP contribution in [0.4, 0.5) is 13.2 Å². The van der Waals surface area contributed by atoms with Crippen LogP contribution >= 0.6 is 23.7 Å². The molecule has 208 valence electrons. The maximum atomic E-state index is 13.3. The molecule has 0 spiro atoms. The average Bonchev–Trinajstić information content (AvgIpc) is 2.90. The molecule has 4 rings (SSSR count). The molecule has 0 atom stereocenters. The predicted molar refractivity (Wildman–Crippen MR) is 155 cm³/mol. The lowest BCUT2D eigenvalue weighted by molar-refractivity contribution is -0.138. The number of alkyl halides is 3. The number of nitrogens with zero attached hydrogens (tertiary/aromatic N) is 2. The molecule has 0 radical (unpaired) electrons. The molecule has 1 N–H and O–H groups in total. The molecule has 0 aliphatic rings. The zero-order chi connectivity index (χ0) is 28.9. The summed E-state index contributed by atoms with van der Waals surface area (Å²) in [6.45, 7) is 6.91. The molecule has 40 heavy (non-hydrogen) atoms. The average molecular weight is 583 g/mol. The molecule has 0 amide bonds. The van der Waals surface area contributed by atoms with E-state index >= 15 is 0 Å². The number of hydrogen-bond acceptors (Lipinski definition) is 5. The van der Waals surface area contributed by atoms with Gasteiger partial charge in [0.2, 0.25) is 0 Å². The summed E-state index contributed by atoms with van der Waals surface area (Å²) in [4.78, 5) is 16.7. The van der Waals surface area contributed by atoms with Crippen molar-refractivity contribution in [3.63, 3.8) is 0 Å². The van der Waals surface area contributed by atoms with Gasteiger partial charge in [-0.3, -0.25) is 9.78 Å². The monoisotopic (exact) mass is 582 g/mol. The van der Waals surface area contributed by atoms with Gasteiger partial charge in [-0.1, -0.05) is 54.1 Å². The van der Waals surface area contributed by atoms with Gasteiger partial charge in [0.05, 0.1) is 11.3 Å². The van der Waals surface area contributed by atoms with E-state index in [2.05, 4.69) is 21.4 Å². The first-order valence-electron chi connectivity index (χ1n) is 12.5. The lowest BCUT2D eigenvalue weighted by atomic mass is 10.0. The van der Waals surface area contributed by atoms with Crippen molar-refractivity contribution in [1.29, 1.82) is 0 Å². The summed E-state index contributed by atoms with van der Waals surface area (Å²) >= 11 is 2.81. The maximum absolute atomic E-state index is 13.3. The van der Waals surface area contributed by atoms with Crippen LogP contribution in [-0.4, -0.2) is 26.1 Å². The van der Waals surface area contributed by atoms with Crippen molar-refractivity contribution in [3.05, 3.63) is 113 Å². The molecular formula is C31H29F3N2O2S2. The molecule has 0 bridgehead atoms. The minimum atomic E-state index is -4.45. The standard InChI is InChI=1S/C31H29F3N2O2S2/c1-20-11-21(2)30(22(3)12-20)40-36(18-24-13-27(16-35-15-24)31(32,33)34)17-23-7-9-25(10-8-23)26-5-4-6-28(14-26)39-19-29(37)38/h4-16H,17-19H2,1-3H3,(H,37,38). The topological polar surface area (TPSA) is 53.4 Å². The number of aliphatic carboxylic acids is 1. The SMILES string of the molecule is Cc1cc(C)c(SN(Cc2ccc(-c3cccc(SCC(=O)O)c3)cc2)Cc2cncc(C(F)(F)F)c2)c(C)c1. The molecule has 0 saturated heterocycles. The zero-order valence-corrected chi connectivity index (χ0v) is 24.0. The van der Waals surface area contributed by atoms with Crippen molar-refractivity contribution in [2.24, 2.45) is 0 Å². The van der Waals surface area contributed by atoms with Gasteiger partial charge in [-0.25, -0.2) is 4.31 Å². The molecule has 1 heterocycles. The highest BCUT2D eigenvalue weighted by Crippen LogP contribution is 2.34. The second kappa shape index (κ2) is 12.9. The van der Waals surface area contributed by atoms with Crippen molar-refractivity contribution in [2.45, 2.75) is 49.8 Å². The van der Waals surface area contributed by atoms with E-state index in [-0.39, 0.29) is 12.3 Å². The number of carboxylic acid groups (broad SMARTS) is 1. The predicted octanol–water partition coefficient (Wildman–Crippen LogP) is 8.58. The summed E-state index contributed by atoms with van der Waals surface area (Å²) < 4.78 is 42.1. The van der Waals surface area contributed by atoms with Crippen LogP contribution in [0.25, 0.3) is 11.1 Å². The van der Waals surface area contributed by atoms with Gasteiger partial charge in [0, 0.05) is 35.3 Å². The normalized spacial score (nSPS) is 11.7. The fraction of sp³-hybridized carbons (Fsp3) is 0.226. The number of carboxylic acids is 1. The number of carbonyl (C=O) groups is 1. The summed E-state index contributed by atoms with van der Waals surface area (Å²) in [6, 6.07) is 21.2. The van der Waals surface area contributed by atoms with Gasteiger partial charge in [0.15, 0.2) is 0 Å². The molecule has 1 aromatic heterocycles. The number of aromatic nitrogens is 1. The van der Waals surface area contributed by atoms with Gasteiger partial charge in [0.1, 0.15) is 0 Å². The first-order chi connectivity index (χ1) is 19.0. The summed E-state index contributed by atoms with van der Waals surface area (Å²) in [5.41, 5.74) is 6.10. The Hall–Kier alpha value is -3.27. The Labute approximate surface area is 240 Å². The molecule has 3 aromatic carbocycles. The van der Waals surface area contributed by atoms with Crippen LogP contribution < -0.4 is 0 Å². The van der Waals surface area contributed by atoms with Crippen LogP contribution in [0.5, 0.6) is 0 Å². The lowest BCUT2D eigenvalue weighted by Crippen LogP contribution is -2.16. The maximum Gasteiger partial charge on any atom is 0.417 e. The van der Waals surface area contributed by atoms with Gasteiger partial charge in [-0.15, -0.1) is 11.8 Å². The number of benzene rings is 3. The van der Waals surface area contributed by atoms with Gasteiger partial charge < -0.3 is 5.11 Å². The third kappa shape index (κ3) is 8.13. The van der Waals surface area contributed by atoms with E-state index in [0.717, 1.165) is 55.4 Å². The summed E-state index contributed by atoms with van der Waals surface area (Å²) in [7, 11) is 0. The smallest absolute Gasteiger partial charge is 0.417 e. The van der Waals surface area contributed by atoms with Crippen LogP contribution in [0.1, 0.15) is 33.4 Å². The number of aryl methyl sites for hydroxylation is 3. The molecule has 0 aliphatic heterocycles. The van der Waals surface area contributed by atoms with Crippen LogP contribution in [0.15, 0.2) is 88.9 Å². The van der Waals surface area contributed by atoms with Crippen LogP contribution in [0.3, 0.4) is 0 Å². The summed E-state index contributed by atoms with van der Waals surface area (Å²) in [5, 5.41) is 8.96. The highest BCUT2D eigenvalue weighted by molar-refractivity contribution is 8.00.